The Kier molecular flexibility index (Phi) is 1.25. The minimum Gasteiger partial charge on any atom is -0.267 e. The first-order chi connectivity index (χ1) is 5.72. The maximum Gasteiger partial charge on any atom is 0.275 e. The van der Waals surface area contributed by atoms with E-state index in [1.165, 1.54) is 0 Å². The zero-order valence-electron chi connectivity index (χ0n) is 6.15. The van der Waals surface area contributed by atoms with Gasteiger partial charge in [0.2, 0.25) is 0 Å². The van der Waals surface area contributed by atoms with Gasteiger partial charge in [-0.05, 0) is 12.1 Å². The minimum atomic E-state index is -0.435. The molecule has 0 saturated heterocycles. The van der Waals surface area contributed by atoms with Crippen LogP contribution in [0.3, 0.4) is 0 Å². The van der Waals surface area contributed by atoms with Crippen LogP contribution in [0.2, 0.25) is 0 Å². The lowest BCUT2D eigenvalue weighted by molar-refractivity contribution is 0.0654. The highest BCUT2D eigenvalue weighted by atomic mass is 16.4. The van der Waals surface area contributed by atoms with Gasteiger partial charge in [-0.15, -0.1) is 0 Å². The summed E-state index contributed by atoms with van der Waals surface area (Å²) in [4.78, 5) is 22.4. The fourth-order valence-corrected chi connectivity index (χ4v) is 1.21. The van der Waals surface area contributed by atoms with Crippen LogP contribution in [0, 0.1) is 0 Å². The van der Waals surface area contributed by atoms with Gasteiger partial charge in [0, 0.05) is 0 Å². The van der Waals surface area contributed by atoms with E-state index in [1.54, 1.807) is 24.3 Å². The van der Waals surface area contributed by atoms with Gasteiger partial charge in [0.1, 0.15) is 0 Å². The van der Waals surface area contributed by atoms with E-state index in [0.29, 0.717) is 16.1 Å². The van der Waals surface area contributed by atoms with Crippen molar-refractivity contribution < 1.29 is 9.59 Å². The van der Waals surface area contributed by atoms with Crippen molar-refractivity contribution >= 4 is 11.8 Å². The standard InChI is InChI=1S/C8H6N2O2/c9-10-7(11)5-3-1-2-4-6(5)8(10)12/h1-4H,9H2/i9+1,10+1. The second-order valence-electron chi connectivity index (χ2n) is 2.53. The number of benzene rings is 1. The van der Waals surface area contributed by atoms with E-state index in [1.807, 2.05) is 0 Å². The molecule has 0 fully saturated rings. The Morgan fingerprint density at radius 2 is 1.42 bits per heavy atom. The molecule has 0 unspecified atom stereocenters. The van der Waals surface area contributed by atoms with E-state index >= 15 is 0 Å². The average Bonchev–Trinajstić information content (AvgIpc) is 2.33. The molecule has 2 N–H and O–H groups in total. The van der Waals surface area contributed by atoms with Crippen LogP contribution >= 0.6 is 0 Å². The van der Waals surface area contributed by atoms with Crippen molar-refractivity contribution in [1.82, 2.24) is 5.01 Å². The average molecular weight is 164 g/mol. The first-order valence-electron chi connectivity index (χ1n) is 3.44. The predicted molar refractivity (Wildman–Crippen MR) is 41.1 cm³/mol. The molecule has 1 aromatic carbocycles. The third-order valence-electron chi connectivity index (χ3n) is 1.83. The first-order valence-corrected chi connectivity index (χ1v) is 3.44. The molecule has 60 valence electrons. The fourth-order valence-electron chi connectivity index (χ4n) is 1.21. The van der Waals surface area contributed by atoms with E-state index in [-0.39, 0.29) is 0 Å². The summed E-state index contributed by atoms with van der Waals surface area (Å²) in [6.45, 7) is 0. The molecular formula is C8H6N2O2. The van der Waals surface area contributed by atoms with Gasteiger partial charge in [0.25, 0.3) is 11.8 Å². The van der Waals surface area contributed by atoms with Gasteiger partial charge in [-0.25, -0.2) is 10.9 Å². The molecule has 4 heteroatoms. The van der Waals surface area contributed by atoms with Gasteiger partial charge in [-0.2, -0.15) is 0 Å². The lowest BCUT2D eigenvalue weighted by atomic mass is 10.1. The van der Waals surface area contributed by atoms with E-state index in [4.69, 9.17) is 5.84 Å². The van der Waals surface area contributed by atoms with Crippen LogP contribution in [0.25, 0.3) is 0 Å². The molecule has 1 aromatic rings. The van der Waals surface area contributed by atoms with Gasteiger partial charge in [-0.1, -0.05) is 12.1 Å². The van der Waals surface area contributed by atoms with Crippen molar-refractivity contribution in [3.63, 3.8) is 0 Å². The van der Waals surface area contributed by atoms with Crippen LogP contribution in [0.5, 0.6) is 0 Å². The third kappa shape index (κ3) is 0.695. The van der Waals surface area contributed by atoms with Crippen LogP contribution in [-0.4, -0.2) is 16.8 Å². The molecule has 0 radical (unpaired) electrons. The van der Waals surface area contributed by atoms with E-state index in [2.05, 4.69) is 0 Å². The number of nitrogens with zero attached hydrogens (tertiary/aromatic N) is 1. The molecule has 2 rings (SSSR count). The van der Waals surface area contributed by atoms with Crippen molar-refractivity contribution in [2.24, 2.45) is 5.84 Å². The van der Waals surface area contributed by atoms with Gasteiger partial charge in [-0.3, -0.25) is 9.59 Å². The van der Waals surface area contributed by atoms with Crippen LogP contribution < -0.4 is 5.84 Å². The number of carbonyl (C=O) groups excluding carboxylic acids is 2. The quantitative estimate of drug-likeness (QED) is 0.257. The van der Waals surface area contributed by atoms with Crippen LogP contribution in [0.15, 0.2) is 24.3 Å². The van der Waals surface area contributed by atoms with Gasteiger partial charge >= 0.3 is 0 Å². The number of hydrazine groups is 1. The van der Waals surface area contributed by atoms with Gasteiger partial charge < -0.3 is 0 Å². The molecule has 1 heterocycles. The molecule has 0 aliphatic carbocycles. The maximum absolute atomic E-state index is 11.2. The largest absolute Gasteiger partial charge is 0.275 e. The summed E-state index contributed by atoms with van der Waals surface area (Å²) in [7, 11) is 0. The zero-order valence-corrected chi connectivity index (χ0v) is 6.15. The Hall–Kier alpha value is -1.68. The molecule has 1 aliphatic rings. The van der Waals surface area contributed by atoms with E-state index in [0.717, 1.165) is 0 Å². The smallest absolute Gasteiger partial charge is 0.267 e. The molecule has 4 nitrogen and oxygen atoms in total. The number of nitrogens with two attached hydrogens (primary N) is 1. The molecule has 0 spiro atoms. The number of hydrogen-bond donors (Lipinski definition) is 1. The summed E-state index contributed by atoms with van der Waals surface area (Å²) in [5.74, 6) is 4.34. The molecule has 0 saturated carbocycles. The topological polar surface area (TPSA) is 63.4 Å². The number of rotatable bonds is 0. The normalized spacial score (nSPS) is 15.2. The highest BCUT2D eigenvalue weighted by Gasteiger charge is 2.32. The maximum atomic E-state index is 11.2. The molecule has 12 heavy (non-hydrogen) atoms. The van der Waals surface area contributed by atoms with Crippen molar-refractivity contribution in [2.45, 2.75) is 0 Å². The van der Waals surface area contributed by atoms with Crippen LogP contribution in [0.1, 0.15) is 20.7 Å². The Morgan fingerprint density at radius 3 is 1.83 bits per heavy atom. The van der Waals surface area contributed by atoms with Gasteiger partial charge in [0.05, 0.1) is 11.1 Å². The van der Waals surface area contributed by atoms with Crippen LogP contribution in [-0.2, 0) is 0 Å². The lowest BCUT2D eigenvalue weighted by Gasteiger charge is -2.01. The molecule has 1 aliphatic heterocycles. The second-order valence-corrected chi connectivity index (χ2v) is 2.53. The minimum absolute atomic E-state index is 0.380. The summed E-state index contributed by atoms with van der Waals surface area (Å²) in [6, 6.07) is 6.57. The Labute approximate surface area is 68.5 Å². The van der Waals surface area contributed by atoms with Crippen molar-refractivity contribution in [1.29, 1.82) is 0 Å². The number of carbonyl (C=O) groups is 2. The van der Waals surface area contributed by atoms with E-state index < -0.39 is 11.8 Å². The highest BCUT2D eigenvalue weighted by molar-refractivity contribution is 6.20. The third-order valence-corrected chi connectivity index (χ3v) is 1.83. The number of imide groups is 1. The predicted octanol–water partition coefficient (Wildman–Crippen LogP) is 0.156. The Morgan fingerprint density at radius 1 is 1.00 bits per heavy atom. The van der Waals surface area contributed by atoms with Crippen molar-refractivity contribution in [3.8, 4) is 0 Å². The Bertz CT molecular complexity index is 338. The molecule has 0 bridgehead atoms. The molecule has 0 atom stereocenters. The van der Waals surface area contributed by atoms with Crippen molar-refractivity contribution in [3.05, 3.63) is 35.4 Å². The van der Waals surface area contributed by atoms with Crippen molar-refractivity contribution in [2.75, 3.05) is 0 Å². The summed E-state index contributed by atoms with van der Waals surface area (Å²) in [6.07, 6.45) is 0. The van der Waals surface area contributed by atoms with E-state index in [9.17, 15) is 9.59 Å². The Balaban J connectivity index is 2.67. The number of hydrogen-bond acceptors (Lipinski definition) is 3. The molecule has 2 amide bonds. The monoisotopic (exact) mass is 164 g/mol. The number of amides is 2. The lowest BCUT2D eigenvalue weighted by Crippen LogP contribution is -2.36. The number of fused-ring (bicyclic) bond motifs is 1. The summed E-state index contributed by atoms with van der Waals surface area (Å²) in [5.41, 5.74) is 0.759. The second kappa shape index (κ2) is 2.15. The SMILES string of the molecule is [15NH2][15N]1C(=O)c2ccccc2C1=O. The summed E-state index contributed by atoms with van der Waals surface area (Å²) in [5, 5.41) is 0.630. The first kappa shape index (κ1) is 7.00. The molecular weight excluding hydrogens is 158 g/mol. The summed E-state index contributed by atoms with van der Waals surface area (Å²) < 4.78 is 0. The molecule has 0 aromatic heterocycles. The van der Waals surface area contributed by atoms with Crippen LogP contribution in [0.4, 0.5) is 0 Å². The van der Waals surface area contributed by atoms with Gasteiger partial charge in [0.15, 0.2) is 0 Å². The highest BCUT2D eigenvalue weighted by Crippen LogP contribution is 2.18. The fraction of sp³-hybridized carbons (Fsp3) is 0. The zero-order chi connectivity index (χ0) is 8.72. The summed E-state index contributed by atoms with van der Waals surface area (Å²) >= 11 is 0.